The molecule has 0 atom stereocenters. The normalized spacial score (nSPS) is 15.0. The van der Waals surface area contributed by atoms with Crippen LogP contribution in [0.25, 0.3) is 0 Å². The summed E-state index contributed by atoms with van der Waals surface area (Å²) in [5, 5.41) is 1.04. The number of benzene rings is 1. The smallest absolute Gasteiger partial charge is 0.266 e. The van der Waals surface area contributed by atoms with Gasteiger partial charge in [0.2, 0.25) is 0 Å². The second-order valence-corrected chi connectivity index (χ2v) is 4.21. The van der Waals surface area contributed by atoms with E-state index in [2.05, 4.69) is 28.1 Å². The summed E-state index contributed by atoms with van der Waals surface area (Å²) < 4.78 is 10.6. The van der Waals surface area contributed by atoms with Gasteiger partial charge in [0.25, 0.3) is 6.29 Å². The van der Waals surface area contributed by atoms with Crippen molar-refractivity contribution in [2.45, 2.75) is 19.1 Å². The molecular weight excluding hydrogens is 256 g/mol. The maximum Gasteiger partial charge on any atom is 0.266 e. The summed E-state index contributed by atoms with van der Waals surface area (Å²) in [7, 11) is 0. The lowest BCUT2D eigenvalue weighted by atomic mass is 10.1. The largest absolute Gasteiger partial charge is 0.455 e. The minimum atomic E-state index is -0.256. The molecule has 0 aliphatic carbocycles. The Morgan fingerprint density at radius 2 is 2.00 bits per heavy atom. The maximum absolute atomic E-state index is 5.29. The number of halogens is 1. The van der Waals surface area contributed by atoms with Crippen molar-refractivity contribution in [1.82, 2.24) is 0 Å². The van der Waals surface area contributed by atoms with E-state index in [9.17, 15) is 0 Å². The molecule has 15 heavy (non-hydrogen) atoms. The van der Waals surface area contributed by atoms with Crippen LogP contribution < -0.4 is 0 Å². The van der Waals surface area contributed by atoms with Crippen molar-refractivity contribution in [3.8, 4) is 0 Å². The summed E-state index contributed by atoms with van der Waals surface area (Å²) >= 11 is 3.43. The predicted molar refractivity (Wildman–Crippen MR) is 62.6 cm³/mol. The van der Waals surface area contributed by atoms with E-state index >= 15 is 0 Å². The van der Waals surface area contributed by atoms with Crippen LogP contribution in [-0.2, 0) is 15.9 Å². The predicted octanol–water partition coefficient (Wildman–Crippen LogP) is 3.53. The highest BCUT2D eigenvalue weighted by Gasteiger charge is 2.14. The van der Waals surface area contributed by atoms with E-state index < -0.39 is 0 Å². The third-order valence-electron chi connectivity index (χ3n) is 2.28. The van der Waals surface area contributed by atoms with Gasteiger partial charge in [-0.3, -0.25) is 0 Å². The lowest BCUT2D eigenvalue weighted by Gasteiger charge is -2.11. The number of hydrogen-bond donors (Lipinski definition) is 0. The fourth-order valence-corrected chi connectivity index (χ4v) is 1.84. The molecule has 2 nitrogen and oxygen atoms in total. The Bertz CT molecular complexity index is 341. The Morgan fingerprint density at radius 3 is 2.73 bits per heavy atom. The summed E-state index contributed by atoms with van der Waals surface area (Å²) in [6, 6.07) is 8.34. The number of ether oxygens (including phenoxy) is 2. The first kappa shape index (κ1) is 10.6. The molecule has 0 saturated heterocycles. The second-order valence-electron chi connectivity index (χ2n) is 3.41. The first-order valence-corrected chi connectivity index (χ1v) is 6.13. The van der Waals surface area contributed by atoms with Gasteiger partial charge in [0.15, 0.2) is 0 Å². The molecule has 80 valence electrons. The molecule has 1 heterocycles. The molecule has 0 fully saturated rings. The summed E-state index contributed by atoms with van der Waals surface area (Å²) in [5.41, 5.74) is 2.40. The van der Waals surface area contributed by atoms with E-state index in [1.165, 1.54) is 5.56 Å². The topological polar surface area (TPSA) is 18.5 Å². The van der Waals surface area contributed by atoms with Crippen molar-refractivity contribution in [2.24, 2.45) is 0 Å². The van der Waals surface area contributed by atoms with Crippen LogP contribution in [-0.4, -0.2) is 5.33 Å². The molecule has 3 heteroatoms. The average molecular weight is 269 g/mol. The molecule has 2 rings (SSSR count). The minimum absolute atomic E-state index is 0.256. The van der Waals surface area contributed by atoms with Gasteiger partial charge in [-0.2, -0.15) is 0 Å². The molecule has 1 aromatic carbocycles. The summed E-state index contributed by atoms with van der Waals surface area (Å²) in [6.45, 7) is 0. The SMILES string of the molecule is BrCCCc1cccc(C2OC=CO2)c1. The minimum Gasteiger partial charge on any atom is -0.455 e. The molecule has 0 bridgehead atoms. The van der Waals surface area contributed by atoms with Gasteiger partial charge in [0.1, 0.15) is 12.5 Å². The highest BCUT2D eigenvalue weighted by molar-refractivity contribution is 9.09. The van der Waals surface area contributed by atoms with Crippen LogP contribution in [0.1, 0.15) is 23.8 Å². The van der Waals surface area contributed by atoms with Crippen molar-refractivity contribution < 1.29 is 9.47 Å². The molecule has 0 saturated carbocycles. The Morgan fingerprint density at radius 1 is 1.20 bits per heavy atom. The average Bonchev–Trinajstić information content (AvgIpc) is 2.80. The maximum atomic E-state index is 5.29. The second kappa shape index (κ2) is 5.21. The first-order chi connectivity index (χ1) is 7.40. The number of alkyl halides is 1. The highest BCUT2D eigenvalue weighted by Crippen LogP contribution is 2.24. The fraction of sp³-hybridized carbons (Fsp3) is 0.333. The van der Waals surface area contributed by atoms with Gasteiger partial charge in [-0.15, -0.1) is 0 Å². The van der Waals surface area contributed by atoms with E-state index in [0.29, 0.717) is 0 Å². The molecule has 0 N–H and O–H groups in total. The zero-order valence-corrected chi connectivity index (χ0v) is 9.94. The number of hydrogen-bond acceptors (Lipinski definition) is 2. The zero-order chi connectivity index (χ0) is 10.5. The fourth-order valence-electron chi connectivity index (χ4n) is 1.56. The van der Waals surface area contributed by atoms with Crippen molar-refractivity contribution >= 4 is 15.9 Å². The lowest BCUT2D eigenvalue weighted by Crippen LogP contribution is -1.98. The van der Waals surface area contributed by atoms with Crippen LogP contribution >= 0.6 is 15.9 Å². The molecule has 1 aliphatic heterocycles. The summed E-state index contributed by atoms with van der Waals surface area (Å²) in [4.78, 5) is 0. The van der Waals surface area contributed by atoms with Crippen LogP contribution in [0.3, 0.4) is 0 Å². The standard InChI is InChI=1S/C12H13BrO2/c13-6-2-4-10-3-1-5-11(9-10)12-14-7-8-15-12/h1,3,5,7-9,12H,2,4,6H2. The summed E-state index contributed by atoms with van der Waals surface area (Å²) in [6.07, 6.45) is 5.13. The van der Waals surface area contributed by atoms with Crippen LogP contribution in [0.5, 0.6) is 0 Å². The van der Waals surface area contributed by atoms with Gasteiger partial charge in [0, 0.05) is 10.9 Å². The summed E-state index contributed by atoms with van der Waals surface area (Å²) in [5.74, 6) is 0. The molecule has 0 unspecified atom stereocenters. The molecule has 1 aliphatic rings. The Hall–Kier alpha value is -0.960. The zero-order valence-electron chi connectivity index (χ0n) is 8.36. The molecule has 1 aromatic rings. The van der Waals surface area contributed by atoms with Gasteiger partial charge in [-0.1, -0.05) is 34.1 Å². The van der Waals surface area contributed by atoms with Crippen LogP contribution in [0.2, 0.25) is 0 Å². The van der Waals surface area contributed by atoms with Gasteiger partial charge in [-0.25, -0.2) is 0 Å². The van der Waals surface area contributed by atoms with Gasteiger partial charge >= 0.3 is 0 Å². The van der Waals surface area contributed by atoms with E-state index in [0.717, 1.165) is 23.7 Å². The van der Waals surface area contributed by atoms with Gasteiger partial charge < -0.3 is 9.47 Å². The van der Waals surface area contributed by atoms with Gasteiger partial charge in [-0.05, 0) is 24.5 Å². The third kappa shape index (κ3) is 2.75. The molecule has 0 amide bonds. The first-order valence-electron chi connectivity index (χ1n) is 5.01. The van der Waals surface area contributed by atoms with Crippen molar-refractivity contribution in [3.05, 3.63) is 47.9 Å². The Labute approximate surface area is 98.0 Å². The van der Waals surface area contributed by atoms with Crippen LogP contribution in [0.4, 0.5) is 0 Å². The monoisotopic (exact) mass is 268 g/mol. The van der Waals surface area contributed by atoms with E-state index in [1.54, 1.807) is 12.5 Å². The van der Waals surface area contributed by atoms with E-state index in [-0.39, 0.29) is 6.29 Å². The van der Waals surface area contributed by atoms with Crippen LogP contribution in [0, 0.1) is 0 Å². The van der Waals surface area contributed by atoms with Crippen molar-refractivity contribution in [1.29, 1.82) is 0 Å². The van der Waals surface area contributed by atoms with E-state index in [4.69, 9.17) is 9.47 Å². The van der Waals surface area contributed by atoms with Crippen LogP contribution in [0.15, 0.2) is 36.8 Å². The molecule has 0 spiro atoms. The Kier molecular flexibility index (Phi) is 3.67. The van der Waals surface area contributed by atoms with Crippen molar-refractivity contribution in [3.63, 3.8) is 0 Å². The number of rotatable bonds is 4. The Balaban J connectivity index is 2.04. The molecule has 0 radical (unpaired) electrons. The third-order valence-corrected chi connectivity index (χ3v) is 2.84. The highest BCUT2D eigenvalue weighted by atomic mass is 79.9. The lowest BCUT2D eigenvalue weighted by molar-refractivity contribution is -0.0246. The quantitative estimate of drug-likeness (QED) is 0.778. The van der Waals surface area contributed by atoms with Gasteiger partial charge in [0.05, 0.1) is 0 Å². The molecule has 0 aromatic heterocycles. The van der Waals surface area contributed by atoms with Crippen molar-refractivity contribution in [2.75, 3.05) is 5.33 Å². The molecular formula is C12H13BrO2. The number of aryl methyl sites for hydroxylation is 1. The van der Waals surface area contributed by atoms with E-state index in [1.807, 2.05) is 12.1 Å².